The van der Waals surface area contributed by atoms with Gasteiger partial charge in [0.15, 0.2) is 0 Å². The zero-order valence-electron chi connectivity index (χ0n) is 9.51. The summed E-state index contributed by atoms with van der Waals surface area (Å²) in [6, 6.07) is 0. The Morgan fingerprint density at radius 3 is 2.56 bits per heavy atom. The van der Waals surface area contributed by atoms with E-state index in [2.05, 4.69) is 4.90 Å². The summed E-state index contributed by atoms with van der Waals surface area (Å²) in [6.45, 7) is 2.72. The van der Waals surface area contributed by atoms with E-state index in [0.717, 1.165) is 32.4 Å². The lowest BCUT2D eigenvalue weighted by molar-refractivity contribution is 0.151. The third-order valence-corrected chi connectivity index (χ3v) is 3.80. The van der Waals surface area contributed by atoms with Crippen LogP contribution in [-0.2, 0) is 0 Å². The van der Waals surface area contributed by atoms with Gasteiger partial charge in [-0.25, -0.2) is 0 Å². The summed E-state index contributed by atoms with van der Waals surface area (Å²) in [5.41, 5.74) is 0.430. The van der Waals surface area contributed by atoms with Crippen molar-refractivity contribution in [2.75, 3.05) is 26.2 Å². The quantitative estimate of drug-likeness (QED) is 0.806. The predicted molar refractivity (Wildman–Crippen MR) is 58.3 cm³/mol. The Kier molecular flexibility index (Phi) is 3.60. The van der Waals surface area contributed by atoms with E-state index >= 15 is 0 Å². The number of aliphatic hydroxyl groups is 1. The number of aliphatic hydroxyl groups excluding tert-OH is 1. The van der Waals surface area contributed by atoms with Crippen LogP contribution in [0.2, 0.25) is 0 Å². The molecular weight excluding hydrogens is 212 g/mol. The van der Waals surface area contributed by atoms with Gasteiger partial charge in [-0.1, -0.05) is 0 Å². The van der Waals surface area contributed by atoms with Crippen LogP contribution >= 0.6 is 0 Å². The largest absolute Gasteiger partial charge is 0.396 e. The van der Waals surface area contributed by atoms with Gasteiger partial charge in [-0.05, 0) is 44.2 Å². The molecule has 0 aromatic carbocycles. The summed E-state index contributed by atoms with van der Waals surface area (Å²) >= 11 is 0. The number of likely N-dealkylation sites (tertiary alicyclic amines) is 1. The molecule has 1 aliphatic carbocycles. The number of rotatable bonds is 3. The topological polar surface area (TPSA) is 23.5 Å². The molecule has 1 saturated heterocycles. The average molecular weight is 231 g/mol. The van der Waals surface area contributed by atoms with E-state index in [1.165, 1.54) is 0 Å². The van der Waals surface area contributed by atoms with Gasteiger partial charge in [-0.2, -0.15) is 8.78 Å². The lowest BCUT2D eigenvalue weighted by atomic mass is 10.1. The van der Waals surface area contributed by atoms with Crippen molar-refractivity contribution in [2.24, 2.45) is 5.41 Å². The molecule has 4 heteroatoms. The first-order valence-electron chi connectivity index (χ1n) is 6.01. The Morgan fingerprint density at radius 1 is 1.25 bits per heavy atom. The first-order chi connectivity index (χ1) is 7.65. The van der Waals surface area contributed by atoms with Crippen LogP contribution in [0.25, 0.3) is 0 Å². The molecule has 1 N–H and O–H groups in total. The molecule has 1 heterocycles. The van der Waals surface area contributed by atoms with Crippen molar-refractivity contribution in [1.82, 2.24) is 4.90 Å². The lowest BCUT2D eigenvalue weighted by Gasteiger charge is -2.24. The van der Waals surface area contributed by atoms with E-state index in [1.54, 1.807) is 0 Å². The molecule has 1 aliphatic heterocycles. The van der Waals surface area contributed by atoms with Crippen molar-refractivity contribution in [2.45, 2.75) is 32.1 Å². The van der Waals surface area contributed by atoms with Crippen molar-refractivity contribution >= 4 is 0 Å². The van der Waals surface area contributed by atoms with Crippen LogP contribution in [-0.4, -0.2) is 36.2 Å². The second-order valence-corrected chi connectivity index (χ2v) is 5.15. The highest BCUT2D eigenvalue weighted by molar-refractivity contribution is 5.05. The van der Waals surface area contributed by atoms with Crippen molar-refractivity contribution in [3.63, 3.8) is 0 Å². The Hall–Kier alpha value is -0.480. The van der Waals surface area contributed by atoms with Crippen LogP contribution in [0.4, 0.5) is 8.78 Å². The van der Waals surface area contributed by atoms with E-state index in [4.69, 9.17) is 0 Å². The van der Waals surface area contributed by atoms with Crippen LogP contribution in [0.15, 0.2) is 11.7 Å². The Balaban J connectivity index is 1.87. The Labute approximate surface area is 94.9 Å². The van der Waals surface area contributed by atoms with Crippen LogP contribution in [0.1, 0.15) is 32.1 Å². The minimum atomic E-state index is -1.48. The molecule has 0 bridgehead atoms. The summed E-state index contributed by atoms with van der Waals surface area (Å²) < 4.78 is 24.9. The van der Waals surface area contributed by atoms with Crippen LogP contribution in [0, 0.1) is 5.41 Å². The lowest BCUT2D eigenvalue weighted by Crippen LogP contribution is -2.33. The molecule has 0 atom stereocenters. The van der Waals surface area contributed by atoms with Gasteiger partial charge in [0.2, 0.25) is 0 Å². The molecule has 0 amide bonds. The molecule has 2 nitrogen and oxygen atoms in total. The molecule has 0 aromatic heterocycles. The first kappa shape index (κ1) is 12.0. The minimum absolute atomic E-state index is 0.0997. The van der Waals surface area contributed by atoms with Crippen LogP contribution < -0.4 is 0 Å². The van der Waals surface area contributed by atoms with Gasteiger partial charge in [0.25, 0.3) is 6.08 Å². The highest BCUT2D eigenvalue weighted by atomic mass is 19.3. The number of hydrogen-bond donors (Lipinski definition) is 1. The third kappa shape index (κ3) is 2.80. The van der Waals surface area contributed by atoms with Gasteiger partial charge >= 0.3 is 0 Å². The van der Waals surface area contributed by atoms with Gasteiger partial charge in [-0.15, -0.1) is 0 Å². The molecule has 1 saturated carbocycles. The predicted octanol–water partition coefficient (Wildman–Crippen LogP) is 2.40. The zero-order valence-corrected chi connectivity index (χ0v) is 9.51. The SMILES string of the molecule is OCC1(CN2CCCC(=C(F)F)CC2)CC1. The maximum atomic E-state index is 12.5. The standard InChI is InChI=1S/C12H19F2NO/c13-11(14)10-2-1-6-15(7-3-10)8-12(9-16)4-5-12/h16H,1-9H2. The highest BCUT2D eigenvalue weighted by Crippen LogP contribution is 2.45. The molecule has 0 spiro atoms. The molecular formula is C12H19F2NO. The van der Waals surface area contributed by atoms with Gasteiger partial charge in [0.1, 0.15) is 0 Å². The van der Waals surface area contributed by atoms with Gasteiger partial charge in [-0.3, -0.25) is 0 Å². The summed E-state index contributed by atoms with van der Waals surface area (Å²) in [4.78, 5) is 2.24. The molecule has 2 fully saturated rings. The van der Waals surface area contributed by atoms with E-state index in [9.17, 15) is 13.9 Å². The Morgan fingerprint density at radius 2 is 2.00 bits per heavy atom. The Bertz CT molecular complexity index is 283. The second kappa shape index (κ2) is 4.80. The monoisotopic (exact) mass is 231 g/mol. The molecule has 2 aliphatic rings. The molecule has 0 unspecified atom stereocenters. The smallest absolute Gasteiger partial charge is 0.269 e. The average Bonchev–Trinajstić information content (AvgIpc) is 3.04. The fraction of sp³-hybridized carbons (Fsp3) is 0.833. The molecule has 92 valence electrons. The van der Waals surface area contributed by atoms with E-state index < -0.39 is 6.08 Å². The summed E-state index contributed by atoms with van der Waals surface area (Å²) in [6.07, 6.45) is 2.52. The van der Waals surface area contributed by atoms with Crippen molar-refractivity contribution in [3.8, 4) is 0 Å². The van der Waals surface area contributed by atoms with Crippen LogP contribution in [0.3, 0.4) is 0 Å². The second-order valence-electron chi connectivity index (χ2n) is 5.15. The van der Waals surface area contributed by atoms with Crippen LogP contribution in [0.5, 0.6) is 0 Å². The van der Waals surface area contributed by atoms with E-state index in [-0.39, 0.29) is 12.0 Å². The van der Waals surface area contributed by atoms with Gasteiger partial charge < -0.3 is 10.0 Å². The van der Waals surface area contributed by atoms with Crippen molar-refractivity contribution in [3.05, 3.63) is 11.7 Å². The third-order valence-electron chi connectivity index (χ3n) is 3.80. The maximum Gasteiger partial charge on any atom is 0.269 e. The number of halogens is 2. The fourth-order valence-corrected chi connectivity index (χ4v) is 2.41. The van der Waals surface area contributed by atoms with Gasteiger partial charge in [0, 0.05) is 25.1 Å². The fourth-order valence-electron chi connectivity index (χ4n) is 2.41. The van der Waals surface area contributed by atoms with E-state index in [1.807, 2.05) is 0 Å². The summed E-state index contributed by atoms with van der Waals surface area (Å²) in [5.74, 6) is 0. The van der Waals surface area contributed by atoms with Crippen molar-refractivity contribution < 1.29 is 13.9 Å². The van der Waals surface area contributed by atoms with Crippen molar-refractivity contribution in [1.29, 1.82) is 0 Å². The molecule has 0 aromatic rings. The van der Waals surface area contributed by atoms with Gasteiger partial charge in [0.05, 0.1) is 0 Å². The molecule has 2 rings (SSSR count). The molecule has 0 radical (unpaired) electrons. The number of nitrogens with zero attached hydrogens (tertiary/aromatic N) is 1. The normalized spacial score (nSPS) is 25.3. The number of hydrogen-bond acceptors (Lipinski definition) is 2. The summed E-state index contributed by atoms with van der Waals surface area (Å²) in [7, 11) is 0. The summed E-state index contributed by atoms with van der Waals surface area (Å²) in [5, 5.41) is 9.24. The minimum Gasteiger partial charge on any atom is -0.396 e. The zero-order chi connectivity index (χ0) is 11.6. The molecule has 16 heavy (non-hydrogen) atoms. The van der Waals surface area contributed by atoms with E-state index in [0.29, 0.717) is 25.0 Å². The first-order valence-corrected chi connectivity index (χ1v) is 6.01. The maximum absolute atomic E-state index is 12.5. The highest BCUT2D eigenvalue weighted by Gasteiger charge is 2.43.